The van der Waals surface area contributed by atoms with Crippen LogP contribution in [0.3, 0.4) is 0 Å². The van der Waals surface area contributed by atoms with Crippen LogP contribution in [-0.2, 0) is 6.61 Å². The van der Waals surface area contributed by atoms with Crippen molar-refractivity contribution in [3.63, 3.8) is 0 Å². The van der Waals surface area contributed by atoms with Gasteiger partial charge in [-0.2, -0.15) is 0 Å². The molecule has 152 valence electrons. The van der Waals surface area contributed by atoms with E-state index in [0.29, 0.717) is 22.0 Å². The smallest absolute Gasteiger partial charge is 0.153 e. The highest BCUT2D eigenvalue weighted by Crippen LogP contribution is 2.39. The lowest BCUT2D eigenvalue weighted by Crippen LogP contribution is -2.48. The van der Waals surface area contributed by atoms with Crippen LogP contribution in [0.2, 0.25) is 10.2 Å². The minimum atomic E-state index is -0.200. The number of aliphatic hydroxyl groups excluding tert-OH is 1. The fourth-order valence-corrected chi connectivity index (χ4v) is 4.41. The van der Waals surface area contributed by atoms with Gasteiger partial charge in [0.25, 0.3) is 0 Å². The normalized spacial score (nSPS) is 17.6. The average molecular weight is 424 g/mol. The van der Waals surface area contributed by atoms with Gasteiger partial charge in [0.2, 0.25) is 0 Å². The van der Waals surface area contributed by atoms with E-state index in [1.165, 1.54) is 0 Å². The van der Waals surface area contributed by atoms with Crippen LogP contribution in [0.15, 0.2) is 12.3 Å². The van der Waals surface area contributed by atoms with Crippen LogP contribution in [0.1, 0.15) is 44.5 Å². The van der Waals surface area contributed by atoms with Gasteiger partial charge in [-0.25, -0.2) is 15.0 Å². The number of hydrogen-bond acceptors (Lipinski definition) is 6. The van der Waals surface area contributed by atoms with Crippen molar-refractivity contribution in [2.45, 2.75) is 52.7 Å². The zero-order valence-corrected chi connectivity index (χ0v) is 18.1. The Morgan fingerprint density at radius 1 is 1.29 bits per heavy atom. The van der Waals surface area contributed by atoms with E-state index in [-0.39, 0.29) is 23.2 Å². The molecule has 0 aromatic carbocycles. The molecule has 0 bridgehead atoms. The Balaban J connectivity index is 1.94. The van der Waals surface area contributed by atoms with Crippen molar-refractivity contribution in [1.82, 2.24) is 15.0 Å². The maximum Gasteiger partial charge on any atom is 0.153 e. The predicted molar refractivity (Wildman–Crippen MR) is 114 cm³/mol. The van der Waals surface area contributed by atoms with Gasteiger partial charge in [0.05, 0.1) is 23.0 Å². The van der Waals surface area contributed by atoms with Gasteiger partial charge in [-0.05, 0) is 44.6 Å². The van der Waals surface area contributed by atoms with Crippen molar-refractivity contribution >= 4 is 29.0 Å². The number of halogens is 2. The molecule has 0 aliphatic carbocycles. The SMILES string of the molecule is CCC1([C@H](C)N)CCN(c2nc(C)c(-c3ccnc(Cl)c3Cl)nc2CO)CC1. The Hall–Kier alpha value is -1.47. The fraction of sp³-hybridized carbons (Fsp3) is 0.550. The van der Waals surface area contributed by atoms with Crippen molar-refractivity contribution < 1.29 is 5.11 Å². The van der Waals surface area contributed by atoms with Crippen LogP contribution in [0.25, 0.3) is 11.3 Å². The molecule has 1 aliphatic heterocycles. The molecule has 8 heteroatoms. The molecule has 1 atom stereocenters. The molecule has 1 fully saturated rings. The van der Waals surface area contributed by atoms with Crippen LogP contribution >= 0.6 is 23.2 Å². The first-order valence-corrected chi connectivity index (χ1v) is 10.4. The summed E-state index contributed by atoms with van der Waals surface area (Å²) < 4.78 is 0. The van der Waals surface area contributed by atoms with E-state index in [1.54, 1.807) is 12.3 Å². The van der Waals surface area contributed by atoms with Gasteiger partial charge >= 0.3 is 0 Å². The van der Waals surface area contributed by atoms with Gasteiger partial charge in [0, 0.05) is 30.9 Å². The minimum Gasteiger partial charge on any atom is -0.390 e. The molecule has 1 aliphatic rings. The Bertz CT molecular complexity index is 851. The second-order valence-electron chi connectivity index (χ2n) is 7.54. The summed E-state index contributed by atoms with van der Waals surface area (Å²) in [5.41, 5.74) is 8.98. The van der Waals surface area contributed by atoms with E-state index in [9.17, 15) is 5.11 Å². The molecule has 0 amide bonds. The van der Waals surface area contributed by atoms with E-state index in [1.807, 2.05) is 6.92 Å². The van der Waals surface area contributed by atoms with Crippen LogP contribution < -0.4 is 10.6 Å². The molecule has 6 nitrogen and oxygen atoms in total. The number of nitrogens with two attached hydrogens (primary N) is 1. The zero-order valence-electron chi connectivity index (χ0n) is 16.5. The molecule has 3 heterocycles. The fourth-order valence-electron chi connectivity index (χ4n) is 4.05. The first-order chi connectivity index (χ1) is 13.3. The van der Waals surface area contributed by atoms with E-state index in [4.69, 9.17) is 33.9 Å². The predicted octanol–water partition coefficient (Wildman–Crippen LogP) is 3.99. The summed E-state index contributed by atoms with van der Waals surface area (Å²) in [4.78, 5) is 15.6. The number of aryl methyl sites for hydroxylation is 1. The Morgan fingerprint density at radius 3 is 2.54 bits per heavy atom. The Labute approximate surface area is 176 Å². The maximum absolute atomic E-state index is 9.95. The molecule has 0 spiro atoms. The molecular formula is C20H27Cl2N5O. The van der Waals surface area contributed by atoms with Crippen LogP contribution in [0, 0.1) is 12.3 Å². The highest BCUT2D eigenvalue weighted by Gasteiger charge is 2.37. The van der Waals surface area contributed by atoms with E-state index in [0.717, 1.165) is 43.9 Å². The molecule has 0 radical (unpaired) electrons. The van der Waals surface area contributed by atoms with Crippen molar-refractivity contribution in [2.24, 2.45) is 11.1 Å². The summed E-state index contributed by atoms with van der Waals surface area (Å²) in [5.74, 6) is 0.731. The number of piperidine rings is 1. The molecule has 0 saturated carbocycles. The Morgan fingerprint density at radius 2 is 1.96 bits per heavy atom. The van der Waals surface area contributed by atoms with Gasteiger partial charge in [0.15, 0.2) is 5.82 Å². The third kappa shape index (κ3) is 3.83. The number of hydrogen-bond donors (Lipinski definition) is 2. The summed E-state index contributed by atoms with van der Waals surface area (Å²) >= 11 is 12.4. The second kappa shape index (κ2) is 8.49. The van der Waals surface area contributed by atoms with E-state index in [2.05, 4.69) is 28.7 Å². The van der Waals surface area contributed by atoms with Gasteiger partial charge in [-0.15, -0.1) is 0 Å². The van der Waals surface area contributed by atoms with Gasteiger partial charge < -0.3 is 15.7 Å². The molecule has 2 aromatic rings. The maximum atomic E-state index is 9.95. The number of nitrogens with zero attached hydrogens (tertiary/aromatic N) is 4. The molecule has 2 aromatic heterocycles. The third-order valence-electron chi connectivity index (χ3n) is 6.10. The zero-order chi connectivity index (χ0) is 20.5. The number of aromatic nitrogens is 3. The summed E-state index contributed by atoms with van der Waals surface area (Å²) in [7, 11) is 0. The molecular weight excluding hydrogens is 397 g/mol. The molecule has 3 rings (SSSR count). The highest BCUT2D eigenvalue weighted by molar-refractivity contribution is 6.42. The minimum absolute atomic E-state index is 0.158. The summed E-state index contributed by atoms with van der Waals surface area (Å²) in [5, 5.41) is 10.5. The number of pyridine rings is 1. The van der Waals surface area contributed by atoms with Crippen LogP contribution in [0.4, 0.5) is 5.82 Å². The molecule has 3 N–H and O–H groups in total. The van der Waals surface area contributed by atoms with Crippen LogP contribution in [-0.4, -0.2) is 39.2 Å². The molecule has 28 heavy (non-hydrogen) atoms. The van der Waals surface area contributed by atoms with Crippen molar-refractivity contribution in [3.8, 4) is 11.3 Å². The first-order valence-electron chi connectivity index (χ1n) is 9.62. The second-order valence-corrected chi connectivity index (χ2v) is 8.28. The van der Waals surface area contributed by atoms with Crippen molar-refractivity contribution in [3.05, 3.63) is 33.8 Å². The monoisotopic (exact) mass is 423 g/mol. The average Bonchev–Trinajstić information content (AvgIpc) is 2.70. The lowest BCUT2D eigenvalue weighted by Gasteiger charge is -2.44. The number of rotatable bonds is 5. The Kier molecular flexibility index (Phi) is 6.44. The highest BCUT2D eigenvalue weighted by atomic mass is 35.5. The van der Waals surface area contributed by atoms with Crippen LogP contribution in [0.5, 0.6) is 0 Å². The largest absolute Gasteiger partial charge is 0.390 e. The van der Waals surface area contributed by atoms with Gasteiger partial charge in [-0.3, -0.25) is 0 Å². The van der Waals surface area contributed by atoms with Gasteiger partial charge in [-0.1, -0.05) is 30.1 Å². The van der Waals surface area contributed by atoms with E-state index < -0.39 is 0 Å². The van der Waals surface area contributed by atoms with E-state index >= 15 is 0 Å². The standard InChI is InChI=1S/C20H27Cl2N5O/c1-4-20(13(3)23)6-9-27(10-7-20)19-15(11-28)26-17(12(2)25-19)14-5-8-24-18(22)16(14)21/h5,8,13,28H,4,6-7,9-11,23H2,1-3H3/t13-/m0/s1. The molecule has 0 unspecified atom stereocenters. The summed E-state index contributed by atoms with van der Waals surface area (Å²) in [6.07, 6.45) is 4.65. The number of anilines is 1. The topological polar surface area (TPSA) is 88.2 Å². The lowest BCUT2D eigenvalue weighted by molar-refractivity contribution is 0.169. The lowest BCUT2D eigenvalue weighted by atomic mass is 9.71. The molecule has 1 saturated heterocycles. The van der Waals surface area contributed by atoms with Crippen molar-refractivity contribution in [1.29, 1.82) is 0 Å². The van der Waals surface area contributed by atoms with Gasteiger partial charge in [0.1, 0.15) is 10.8 Å². The summed E-state index contributed by atoms with van der Waals surface area (Å²) in [6.45, 7) is 7.69. The summed E-state index contributed by atoms with van der Waals surface area (Å²) in [6, 6.07) is 1.91. The quantitative estimate of drug-likeness (QED) is 0.706. The van der Waals surface area contributed by atoms with Crippen molar-refractivity contribution in [2.75, 3.05) is 18.0 Å². The number of aliphatic hydroxyl groups is 1. The first kappa shape index (κ1) is 21.2. The third-order valence-corrected chi connectivity index (χ3v) is 6.87.